The lowest BCUT2D eigenvalue weighted by Gasteiger charge is -2.11. The molecule has 3 aromatic rings. The van der Waals surface area contributed by atoms with Crippen molar-refractivity contribution in [3.63, 3.8) is 0 Å². The summed E-state index contributed by atoms with van der Waals surface area (Å²) in [5, 5.41) is 7.04. The first kappa shape index (κ1) is 17.2. The van der Waals surface area contributed by atoms with Gasteiger partial charge >= 0.3 is 0 Å². The van der Waals surface area contributed by atoms with E-state index in [0.717, 1.165) is 17.5 Å². The minimum absolute atomic E-state index is 0.00893. The molecule has 1 saturated carbocycles. The molecule has 1 aromatic heterocycles. The zero-order chi connectivity index (χ0) is 18.8. The van der Waals surface area contributed by atoms with E-state index in [4.69, 9.17) is 4.74 Å². The summed E-state index contributed by atoms with van der Waals surface area (Å²) < 4.78 is 34.6. The Kier molecular flexibility index (Phi) is 4.58. The molecule has 1 amide bonds. The Balaban J connectivity index is 1.47. The molecule has 0 bridgehead atoms. The molecule has 27 heavy (non-hydrogen) atoms. The SMILES string of the molecule is O=C(Nc1ccccc1OCc1ccn(-c2c(F)cccc2F)n1)C1CC1. The third kappa shape index (κ3) is 3.81. The molecule has 0 aliphatic heterocycles. The zero-order valence-electron chi connectivity index (χ0n) is 14.4. The van der Waals surface area contributed by atoms with Crippen LogP contribution in [0, 0.1) is 17.6 Å². The molecule has 1 fully saturated rings. The number of anilines is 1. The Morgan fingerprint density at radius 2 is 1.85 bits per heavy atom. The number of aromatic nitrogens is 2. The van der Waals surface area contributed by atoms with Crippen molar-refractivity contribution < 1.29 is 18.3 Å². The van der Waals surface area contributed by atoms with Crippen molar-refractivity contribution in [3.05, 3.63) is 72.1 Å². The molecular weight excluding hydrogens is 352 g/mol. The fraction of sp³-hybridized carbons (Fsp3) is 0.200. The average Bonchev–Trinajstić information content (AvgIpc) is 3.41. The van der Waals surface area contributed by atoms with Crippen molar-refractivity contribution in [2.45, 2.75) is 19.4 Å². The maximum Gasteiger partial charge on any atom is 0.227 e. The highest BCUT2D eigenvalue weighted by molar-refractivity contribution is 5.95. The van der Waals surface area contributed by atoms with Gasteiger partial charge in [-0.1, -0.05) is 18.2 Å². The number of carbonyl (C=O) groups excluding carboxylic acids is 1. The summed E-state index contributed by atoms with van der Waals surface area (Å²) in [6.07, 6.45) is 3.30. The van der Waals surface area contributed by atoms with Gasteiger partial charge in [0.2, 0.25) is 5.91 Å². The number of rotatable bonds is 6. The predicted molar refractivity (Wildman–Crippen MR) is 95.6 cm³/mol. The number of hydrogen-bond acceptors (Lipinski definition) is 3. The number of ether oxygens (including phenoxy) is 1. The van der Waals surface area contributed by atoms with Crippen LogP contribution in [0.25, 0.3) is 5.69 Å². The van der Waals surface area contributed by atoms with Crippen LogP contribution in [0.4, 0.5) is 14.5 Å². The van der Waals surface area contributed by atoms with Crippen LogP contribution in [0.15, 0.2) is 54.7 Å². The highest BCUT2D eigenvalue weighted by Crippen LogP contribution is 2.32. The Hall–Kier alpha value is -3.22. The summed E-state index contributed by atoms with van der Waals surface area (Å²) in [5.41, 5.74) is 0.857. The molecule has 7 heteroatoms. The second kappa shape index (κ2) is 7.19. The molecule has 0 unspecified atom stereocenters. The molecule has 0 spiro atoms. The van der Waals surface area contributed by atoms with Gasteiger partial charge in [0.05, 0.1) is 5.69 Å². The third-order valence-corrected chi connectivity index (χ3v) is 4.28. The Labute approximate surface area is 154 Å². The van der Waals surface area contributed by atoms with Crippen molar-refractivity contribution in [3.8, 4) is 11.4 Å². The maximum absolute atomic E-state index is 13.9. The number of hydrogen-bond donors (Lipinski definition) is 1. The fourth-order valence-corrected chi connectivity index (χ4v) is 2.70. The van der Waals surface area contributed by atoms with Crippen LogP contribution in [-0.4, -0.2) is 15.7 Å². The van der Waals surface area contributed by atoms with E-state index in [1.54, 1.807) is 24.3 Å². The number of benzene rings is 2. The number of amides is 1. The molecule has 1 heterocycles. The summed E-state index contributed by atoms with van der Waals surface area (Å²) in [5.74, 6) is -0.801. The summed E-state index contributed by atoms with van der Waals surface area (Å²) in [7, 11) is 0. The van der Waals surface area contributed by atoms with E-state index in [-0.39, 0.29) is 24.1 Å². The van der Waals surface area contributed by atoms with Gasteiger partial charge in [-0.25, -0.2) is 13.5 Å². The topological polar surface area (TPSA) is 56.1 Å². The normalized spacial score (nSPS) is 13.4. The van der Waals surface area contributed by atoms with E-state index >= 15 is 0 Å². The summed E-state index contributed by atoms with van der Waals surface area (Å²) in [6, 6.07) is 12.4. The van der Waals surface area contributed by atoms with E-state index in [0.29, 0.717) is 17.1 Å². The third-order valence-electron chi connectivity index (χ3n) is 4.28. The van der Waals surface area contributed by atoms with E-state index < -0.39 is 11.6 Å². The zero-order valence-corrected chi connectivity index (χ0v) is 14.4. The van der Waals surface area contributed by atoms with E-state index in [9.17, 15) is 13.6 Å². The summed E-state index contributed by atoms with van der Waals surface area (Å²) >= 11 is 0. The van der Waals surface area contributed by atoms with Crippen molar-refractivity contribution in [1.29, 1.82) is 0 Å². The van der Waals surface area contributed by atoms with Crippen LogP contribution in [0.3, 0.4) is 0 Å². The second-order valence-corrected chi connectivity index (χ2v) is 6.37. The molecule has 5 nitrogen and oxygen atoms in total. The standard InChI is InChI=1S/C20H17F2N3O2/c21-15-4-3-5-16(22)19(15)25-11-10-14(24-25)12-27-18-7-2-1-6-17(18)23-20(26)13-8-9-13/h1-7,10-11,13H,8-9,12H2,(H,23,26). The largest absolute Gasteiger partial charge is 0.485 e. The minimum atomic E-state index is -0.696. The average molecular weight is 369 g/mol. The van der Waals surface area contributed by atoms with Crippen molar-refractivity contribution in [2.24, 2.45) is 5.92 Å². The van der Waals surface area contributed by atoms with Gasteiger partial charge in [-0.3, -0.25) is 4.79 Å². The fourth-order valence-electron chi connectivity index (χ4n) is 2.70. The van der Waals surface area contributed by atoms with E-state index in [1.165, 1.54) is 24.4 Å². The number of carbonyl (C=O) groups is 1. The predicted octanol–water partition coefficient (Wildman–Crippen LogP) is 4.08. The lowest BCUT2D eigenvalue weighted by Crippen LogP contribution is -2.14. The Bertz CT molecular complexity index is 963. The van der Waals surface area contributed by atoms with Gasteiger partial charge in [0.15, 0.2) is 11.6 Å². The Morgan fingerprint density at radius 1 is 1.11 bits per heavy atom. The van der Waals surface area contributed by atoms with Crippen LogP contribution in [0.5, 0.6) is 5.75 Å². The quantitative estimate of drug-likeness (QED) is 0.712. The van der Waals surface area contributed by atoms with Gasteiger partial charge in [-0.2, -0.15) is 5.10 Å². The molecule has 1 aliphatic rings. The number of para-hydroxylation sites is 3. The van der Waals surface area contributed by atoms with Gasteiger partial charge in [-0.15, -0.1) is 0 Å². The van der Waals surface area contributed by atoms with Gasteiger partial charge in [0.25, 0.3) is 0 Å². The molecule has 0 radical (unpaired) electrons. The van der Waals surface area contributed by atoms with Gasteiger partial charge in [-0.05, 0) is 43.2 Å². The van der Waals surface area contributed by atoms with Gasteiger partial charge in [0, 0.05) is 12.1 Å². The molecule has 0 saturated heterocycles. The van der Waals surface area contributed by atoms with Crippen LogP contribution in [0.2, 0.25) is 0 Å². The summed E-state index contributed by atoms with van der Waals surface area (Å²) in [6.45, 7) is 0.0966. The van der Waals surface area contributed by atoms with Crippen molar-refractivity contribution in [2.75, 3.05) is 5.32 Å². The first-order valence-electron chi connectivity index (χ1n) is 8.63. The Morgan fingerprint density at radius 3 is 2.59 bits per heavy atom. The second-order valence-electron chi connectivity index (χ2n) is 6.37. The van der Waals surface area contributed by atoms with Crippen LogP contribution < -0.4 is 10.1 Å². The molecule has 2 aromatic carbocycles. The first-order chi connectivity index (χ1) is 13.1. The first-order valence-corrected chi connectivity index (χ1v) is 8.63. The van der Waals surface area contributed by atoms with Gasteiger partial charge in [0.1, 0.15) is 23.7 Å². The molecule has 1 aliphatic carbocycles. The highest BCUT2D eigenvalue weighted by Gasteiger charge is 2.30. The lowest BCUT2D eigenvalue weighted by molar-refractivity contribution is -0.117. The highest BCUT2D eigenvalue weighted by atomic mass is 19.1. The lowest BCUT2D eigenvalue weighted by atomic mass is 10.2. The monoisotopic (exact) mass is 369 g/mol. The minimum Gasteiger partial charge on any atom is -0.485 e. The van der Waals surface area contributed by atoms with Crippen LogP contribution in [-0.2, 0) is 11.4 Å². The molecule has 138 valence electrons. The molecular formula is C20H17F2N3O2. The van der Waals surface area contributed by atoms with E-state index in [2.05, 4.69) is 10.4 Å². The molecule has 1 N–H and O–H groups in total. The van der Waals surface area contributed by atoms with Crippen molar-refractivity contribution in [1.82, 2.24) is 9.78 Å². The van der Waals surface area contributed by atoms with Crippen LogP contribution in [0.1, 0.15) is 18.5 Å². The van der Waals surface area contributed by atoms with E-state index in [1.807, 2.05) is 6.07 Å². The number of nitrogens with one attached hydrogen (secondary N) is 1. The van der Waals surface area contributed by atoms with Gasteiger partial charge < -0.3 is 10.1 Å². The molecule has 0 atom stereocenters. The smallest absolute Gasteiger partial charge is 0.227 e. The van der Waals surface area contributed by atoms with Crippen molar-refractivity contribution >= 4 is 11.6 Å². The summed E-state index contributed by atoms with van der Waals surface area (Å²) in [4.78, 5) is 12.0. The number of halogens is 2. The number of nitrogens with zero attached hydrogens (tertiary/aromatic N) is 2. The van der Waals surface area contributed by atoms with Crippen LogP contribution >= 0.6 is 0 Å². The molecule has 4 rings (SSSR count). The maximum atomic E-state index is 13.9.